The van der Waals surface area contributed by atoms with Crippen molar-refractivity contribution in [3.8, 4) is 0 Å². The summed E-state index contributed by atoms with van der Waals surface area (Å²) in [6.45, 7) is 5.41. The number of benzene rings is 1. The van der Waals surface area contributed by atoms with Crippen molar-refractivity contribution < 1.29 is 22.7 Å². The fourth-order valence-corrected chi connectivity index (χ4v) is 3.86. The number of hydrogen-bond acceptors (Lipinski definition) is 5. The quantitative estimate of drug-likeness (QED) is 0.650. The largest absolute Gasteiger partial charge is 0.457 e. The van der Waals surface area contributed by atoms with Crippen molar-refractivity contribution in [3.05, 3.63) is 30.3 Å². The number of Topliss-reactive ketones (excluding diaryl/α,β-unsaturated/α-hetero) is 1. The molecule has 6 heteroatoms. The maximum absolute atomic E-state index is 12.3. The molecule has 1 aromatic rings. The van der Waals surface area contributed by atoms with Crippen molar-refractivity contribution in [2.24, 2.45) is 11.8 Å². The second-order valence-corrected chi connectivity index (χ2v) is 7.75. The van der Waals surface area contributed by atoms with Crippen LogP contribution < -0.4 is 0 Å². The number of ether oxygens (including phenoxy) is 1. The molecule has 0 heterocycles. The van der Waals surface area contributed by atoms with Crippen LogP contribution in [0.4, 0.5) is 0 Å². The van der Waals surface area contributed by atoms with E-state index in [9.17, 15) is 18.0 Å². The maximum Gasteiger partial charge on any atom is 0.293 e. The van der Waals surface area contributed by atoms with Gasteiger partial charge in [0.05, 0.1) is 10.6 Å². The minimum absolute atomic E-state index is 0.0961. The Morgan fingerprint density at radius 1 is 1.18 bits per heavy atom. The van der Waals surface area contributed by atoms with E-state index in [0.717, 1.165) is 0 Å². The Hall–Kier alpha value is -1.69. The lowest BCUT2D eigenvalue weighted by molar-refractivity contribution is -0.146. The molecule has 0 unspecified atom stereocenters. The van der Waals surface area contributed by atoms with Gasteiger partial charge in [-0.1, -0.05) is 39.0 Å². The van der Waals surface area contributed by atoms with E-state index in [4.69, 9.17) is 4.74 Å². The third kappa shape index (κ3) is 5.26. The Morgan fingerprint density at radius 3 is 2.27 bits per heavy atom. The maximum atomic E-state index is 12.3. The Balaban J connectivity index is 2.77. The van der Waals surface area contributed by atoms with E-state index < -0.39 is 15.9 Å². The molecule has 1 rings (SSSR count). The lowest BCUT2D eigenvalue weighted by atomic mass is 9.96. The fourth-order valence-electron chi connectivity index (χ4n) is 2.21. The SMILES string of the molecule is CC(C)C(=O)[C@@H](C[C@H](C)CS(=O)(=O)c1ccccc1)OC=O. The van der Waals surface area contributed by atoms with Crippen LogP contribution in [0.15, 0.2) is 35.2 Å². The van der Waals surface area contributed by atoms with Crippen LogP contribution in [-0.4, -0.2) is 32.5 Å². The van der Waals surface area contributed by atoms with Gasteiger partial charge in [0.1, 0.15) is 0 Å². The second kappa shape index (κ2) is 8.08. The first kappa shape index (κ1) is 18.4. The van der Waals surface area contributed by atoms with Crippen LogP contribution in [0.25, 0.3) is 0 Å². The molecule has 0 amide bonds. The van der Waals surface area contributed by atoms with Crippen LogP contribution in [-0.2, 0) is 24.2 Å². The summed E-state index contributed by atoms with van der Waals surface area (Å²) in [4.78, 5) is 22.8. The molecule has 0 aliphatic heterocycles. The molecule has 5 nitrogen and oxygen atoms in total. The molecular weight excluding hydrogens is 304 g/mol. The molecule has 0 aromatic heterocycles. The molecule has 22 heavy (non-hydrogen) atoms. The van der Waals surface area contributed by atoms with E-state index in [1.54, 1.807) is 51.1 Å². The first-order valence-corrected chi connectivity index (χ1v) is 8.83. The number of hydrogen-bond donors (Lipinski definition) is 0. The fraction of sp³-hybridized carbons (Fsp3) is 0.500. The van der Waals surface area contributed by atoms with E-state index in [0.29, 0.717) is 0 Å². The van der Waals surface area contributed by atoms with Crippen molar-refractivity contribution in [2.75, 3.05) is 5.75 Å². The normalized spacial score (nSPS) is 14.4. The molecule has 0 aliphatic carbocycles. The van der Waals surface area contributed by atoms with E-state index in [1.807, 2.05) is 0 Å². The van der Waals surface area contributed by atoms with E-state index in [-0.39, 0.29) is 41.2 Å². The molecule has 0 bridgehead atoms. The summed E-state index contributed by atoms with van der Waals surface area (Å²) in [6.07, 6.45) is -0.694. The Bertz CT molecular complexity index is 592. The van der Waals surface area contributed by atoms with Crippen LogP contribution in [0.1, 0.15) is 27.2 Å². The number of carbonyl (C=O) groups excluding carboxylic acids is 2. The molecule has 1 aromatic carbocycles. The number of sulfone groups is 1. The van der Waals surface area contributed by atoms with Crippen molar-refractivity contribution in [3.63, 3.8) is 0 Å². The highest BCUT2D eigenvalue weighted by molar-refractivity contribution is 7.91. The van der Waals surface area contributed by atoms with Crippen molar-refractivity contribution in [2.45, 2.75) is 38.2 Å². The van der Waals surface area contributed by atoms with Gasteiger partial charge in [0.15, 0.2) is 21.7 Å². The van der Waals surface area contributed by atoms with Gasteiger partial charge in [-0.2, -0.15) is 0 Å². The third-order valence-corrected chi connectivity index (χ3v) is 5.33. The summed E-state index contributed by atoms with van der Waals surface area (Å²) in [7, 11) is -3.42. The molecule has 0 radical (unpaired) electrons. The first-order chi connectivity index (χ1) is 10.3. The van der Waals surface area contributed by atoms with Crippen LogP contribution in [0.5, 0.6) is 0 Å². The highest BCUT2D eigenvalue weighted by Crippen LogP contribution is 2.19. The smallest absolute Gasteiger partial charge is 0.293 e. The van der Waals surface area contributed by atoms with Crippen molar-refractivity contribution in [1.82, 2.24) is 0 Å². The van der Waals surface area contributed by atoms with Gasteiger partial charge in [-0.05, 0) is 24.5 Å². The van der Waals surface area contributed by atoms with Gasteiger partial charge in [0.25, 0.3) is 6.47 Å². The van der Waals surface area contributed by atoms with Crippen molar-refractivity contribution in [1.29, 1.82) is 0 Å². The summed E-state index contributed by atoms with van der Waals surface area (Å²) < 4.78 is 29.4. The third-order valence-electron chi connectivity index (χ3n) is 3.33. The second-order valence-electron chi connectivity index (χ2n) is 5.71. The van der Waals surface area contributed by atoms with Gasteiger partial charge in [-0.15, -0.1) is 0 Å². The van der Waals surface area contributed by atoms with Gasteiger partial charge in [-0.3, -0.25) is 9.59 Å². The molecule has 2 atom stereocenters. The summed E-state index contributed by atoms with van der Waals surface area (Å²) in [5.74, 6) is -0.877. The standard InChI is InChI=1S/C16H22O5S/c1-12(2)16(18)15(21-11-17)9-13(3)10-22(19,20)14-7-5-4-6-8-14/h4-8,11-13,15H,9-10H2,1-3H3/t13-,15+/m0/s1. The lowest BCUT2D eigenvalue weighted by Crippen LogP contribution is -2.31. The first-order valence-electron chi connectivity index (χ1n) is 7.18. The predicted octanol–water partition coefficient (Wildman–Crippen LogP) is 2.25. The van der Waals surface area contributed by atoms with Gasteiger partial charge in [0.2, 0.25) is 0 Å². The molecule has 0 fully saturated rings. The van der Waals surface area contributed by atoms with Gasteiger partial charge in [0, 0.05) is 5.92 Å². The number of carbonyl (C=O) groups is 2. The van der Waals surface area contributed by atoms with E-state index in [2.05, 4.69) is 0 Å². The van der Waals surface area contributed by atoms with Crippen molar-refractivity contribution >= 4 is 22.1 Å². The molecular formula is C16H22O5S. The highest BCUT2D eigenvalue weighted by Gasteiger charge is 2.27. The van der Waals surface area contributed by atoms with Crippen LogP contribution >= 0.6 is 0 Å². The van der Waals surface area contributed by atoms with Gasteiger partial charge >= 0.3 is 0 Å². The average Bonchev–Trinajstić information content (AvgIpc) is 2.46. The molecule has 0 spiro atoms. The molecule has 0 aliphatic rings. The molecule has 0 saturated heterocycles. The summed E-state index contributed by atoms with van der Waals surface area (Å²) in [6, 6.07) is 8.16. The number of ketones is 1. The minimum Gasteiger partial charge on any atom is -0.457 e. The highest BCUT2D eigenvalue weighted by atomic mass is 32.2. The van der Waals surface area contributed by atoms with Gasteiger partial charge < -0.3 is 4.74 Å². The summed E-state index contributed by atoms with van der Waals surface area (Å²) in [5, 5.41) is 0. The Kier molecular flexibility index (Phi) is 6.74. The van der Waals surface area contributed by atoms with Gasteiger partial charge in [-0.25, -0.2) is 8.42 Å². The van der Waals surface area contributed by atoms with E-state index in [1.165, 1.54) is 0 Å². The molecule has 122 valence electrons. The zero-order chi connectivity index (χ0) is 16.8. The predicted molar refractivity (Wildman–Crippen MR) is 83.1 cm³/mol. The minimum atomic E-state index is -3.42. The van der Waals surface area contributed by atoms with E-state index >= 15 is 0 Å². The average molecular weight is 326 g/mol. The number of rotatable bonds is 9. The van der Waals surface area contributed by atoms with Crippen LogP contribution in [0.3, 0.4) is 0 Å². The molecule has 0 saturated carbocycles. The topological polar surface area (TPSA) is 77.5 Å². The molecule has 0 N–H and O–H groups in total. The zero-order valence-electron chi connectivity index (χ0n) is 13.1. The Labute approximate surface area is 131 Å². The van der Waals surface area contributed by atoms with Crippen LogP contribution in [0, 0.1) is 11.8 Å². The zero-order valence-corrected chi connectivity index (χ0v) is 13.9. The summed E-state index contributed by atoms with van der Waals surface area (Å²) >= 11 is 0. The Morgan fingerprint density at radius 2 is 1.77 bits per heavy atom. The summed E-state index contributed by atoms with van der Waals surface area (Å²) in [5.41, 5.74) is 0. The lowest BCUT2D eigenvalue weighted by Gasteiger charge is -2.20. The van der Waals surface area contributed by atoms with Crippen LogP contribution in [0.2, 0.25) is 0 Å². The monoisotopic (exact) mass is 326 g/mol.